The van der Waals surface area contributed by atoms with Crippen molar-refractivity contribution in [2.24, 2.45) is 0 Å². The van der Waals surface area contributed by atoms with Crippen molar-refractivity contribution >= 4 is 10.2 Å². The van der Waals surface area contributed by atoms with Crippen LogP contribution in [0, 0.1) is 0 Å². The molecule has 1 spiro atoms. The van der Waals surface area contributed by atoms with Gasteiger partial charge in [0.15, 0.2) is 0 Å². The van der Waals surface area contributed by atoms with Crippen molar-refractivity contribution in [2.45, 2.75) is 63.3 Å². The lowest BCUT2D eigenvalue weighted by molar-refractivity contribution is 0.272. The number of allylic oxidation sites excluding steroid dienone is 1. The molecule has 0 aromatic carbocycles. The highest BCUT2D eigenvalue weighted by molar-refractivity contribution is 7.87. The Hall–Kier alpha value is -0.550. The van der Waals surface area contributed by atoms with Gasteiger partial charge in [-0.25, -0.2) is 0 Å². The molecule has 102 valence electrons. The predicted octanol–water partition coefficient (Wildman–Crippen LogP) is 2.30. The largest absolute Gasteiger partial charge is 0.301 e. The normalized spacial score (nSPS) is 30.4. The average molecular weight is 270 g/mol. The highest BCUT2D eigenvalue weighted by Gasteiger charge is 2.46. The Morgan fingerprint density at radius 2 is 1.72 bits per heavy atom. The van der Waals surface area contributed by atoms with E-state index in [2.05, 4.69) is 4.72 Å². The minimum Gasteiger partial charge on any atom is -0.265 e. The number of nitrogens with one attached hydrogen (secondary N) is 1. The van der Waals surface area contributed by atoms with Crippen LogP contribution in [-0.2, 0) is 10.2 Å². The SMILES string of the molecule is CN1C2=C(CCCC2)C2(CCCCC2)NS1(=O)=O. The van der Waals surface area contributed by atoms with Crippen LogP contribution in [0.4, 0.5) is 0 Å². The van der Waals surface area contributed by atoms with Crippen LogP contribution in [0.5, 0.6) is 0 Å². The third-order valence-corrected chi connectivity index (χ3v) is 6.38. The van der Waals surface area contributed by atoms with E-state index in [4.69, 9.17) is 0 Å². The van der Waals surface area contributed by atoms with Gasteiger partial charge in [-0.3, -0.25) is 4.31 Å². The van der Waals surface area contributed by atoms with Crippen LogP contribution in [0.2, 0.25) is 0 Å². The quantitative estimate of drug-likeness (QED) is 0.734. The summed E-state index contributed by atoms with van der Waals surface area (Å²) >= 11 is 0. The third kappa shape index (κ3) is 1.79. The van der Waals surface area contributed by atoms with Crippen molar-refractivity contribution in [1.82, 2.24) is 9.03 Å². The molecule has 1 fully saturated rings. The molecule has 0 amide bonds. The van der Waals surface area contributed by atoms with E-state index in [1.165, 1.54) is 22.7 Å². The fraction of sp³-hybridized carbons (Fsp3) is 0.846. The lowest BCUT2D eigenvalue weighted by atomic mass is 9.72. The van der Waals surface area contributed by atoms with Crippen LogP contribution in [0.15, 0.2) is 11.3 Å². The monoisotopic (exact) mass is 270 g/mol. The van der Waals surface area contributed by atoms with Crippen LogP contribution < -0.4 is 4.72 Å². The van der Waals surface area contributed by atoms with E-state index >= 15 is 0 Å². The second-order valence-electron chi connectivity index (χ2n) is 5.85. The first-order valence-electron chi connectivity index (χ1n) is 7.06. The van der Waals surface area contributed by atoms with Crippen LogP contribution >= 0.6 is 0 Å². The van der Waals surface area contributed by atoms with Gasteiger partial charge in [-0.15, -0.1) is 0 Å². The maximum Gasteiger partial charge on any atom is 0.301 e. The molecule has 0 aromatic rings. The molecule has 4 nitrogen and oxygen atoms in total. The Bertz CT molecular complexity index is 475. The number of fused-ring (bicyclic) bond motifs is 1. The summed E-state index contributed by atoms with van der Waals surface area (Å²) < 4.78 is 29.1. The first-order chi connectivity index (χ1) is 8.55. The lowest BCUT2D eigenvalue weighted by Gasteiger charge is -2.48. The van der Waals surface area contributed by atoms with Gasteiger partial charge in [0.1, 0.15) is 0 Å². The van der Waals surface area contributed by atoms with Gasteiger partial charge in [0.25, 0.3) is 0 Å². The zero-order valence-corrected chi connectivity index (χ0v) is 11.9. The van der Waals surface area contributed by atoms with Gasteiger partial charge >= 0.3 is 10.2 Å². The van der Waals surface area contributed by atoms with Crippen LogP contribution in [0.1, 0.15) is 57.8 Å². The zero-order valence-electron chi connectivity index (χ0n) is 11.0. The number of rotatable bonds is 0. The standard InChI is InChI=1S/C13H22N2O2S/c1-15-12-8-4-3-7-11(12)13(14-18(15,16)17)9-5-2-6-10-13/h14H,2-10H2,1H3. The molecule has 0 unspecified atom stereocenters. The number of hydrogen-bond acceptors (Lipinski definition) is 2. The summed E-state index contributed by atoms with van der Waals surface area (Å²) in [5.41, 5.74) is 2.24. The molecular weight excluding hydrogens is 248 g/mol. The predicted molar refractivity (Wildman–Crippen MR) is 71.1 cm³/mol. The Labute approximate surface area is 110 Å². The summed E-state index contributed by atoms with van der Waals surface area (Å²) in [4.78, 5) is 0. The average Bonchev–Trinajstić information content (AvgIpc) is 2.37. The molecule has 1 saturated carbocycles. The van der Waals surface area contributed by atoms with Gasteiger partial charge in [-0.05, 0) is 44.1 Å². The van der Waals surface area contributed by atoms with Gasteiger partial charge < -0.3 is 0 Å². The molecule has 0 radical (unpaired) electrons. The number of nitrogens with zero attached hydrogens (tertiary/aromatic N) is 1. The van der Waals surface area contributed by atoms with E-state index in [0.717, 1.165) is 50.6 Å². The van der Waals surface area contributed by atoms with Crippen LogP contribution in [0.25, 0.3) is 0 Å². The minimum atomic E-state index is -3.31. The van der Waals surface area contributed by atoms with E-state index in [-0.39, 0.29) is 5.54 Å². The van der Waals surface area contributed by atoms with Gasteiger partial charge in [0, 0.05) is 12.7 Å². The molecule has 0 bridgehead atoms. The van der Waals surface area contributed by atoms with Gasteiger partial charge in [-0.1, -0.05) is 19.3 Å². The third-order valence-electron chi connectivity index (χ3n) is 4.79. The second kappa shape index (κ2) is 4.23. The van der Waals surface area contributed by atoms with E-state index in [1.807, 2.05) is 0 Å². The number of hydrogen-bond donors (Lipinski definition) is 1. The summed E-state index contributed by atoms with van der Waals surface area (Å²) in [6.07, 6.45) is 9.81. The van der Waals surface area contributed by atoms with E-state index < -0.39 is 10.2 Å². The molecule has 0 atom stereocenters. The molecule has 1 N–H and O–H groups in total. The molecule has 5 heteroatoms. The second-order valence-corrected chi connectivity index (χ2v) is 7.55. The van der Waals surface area contributed by atoms with Crippen LogP contribution in [-0.4, -0.2) is 25.3 Å². The first kappa shape index (κ1) is 12.5. The fourth-order valence-electron chi connectivity index (χ4n) is 3.83. The van der Waals surface area contributed by atoms with Crippen molar-refractivity contribution in [3.8, 4) is 0 Å². The Morgan fingerprint density at radius 1 is 1.06 bits per heavy atom. The van der Waals surface area contributed by atoms with E-state index in [1.54, 1.807) is 7.05 Å². The molecule has 3 rings (SSSR count). The highest BCUT2D eigenvalue weighted by atomic mass is 32.2. The van der Waals surface area contributed by atoms with Crippen molar-refractivity contribution < 1.29 is 8.42 Å². The summed E-state index contributed by atoms with van der Waals surface area (Å²) in [6.45, 7) is 0. The Morgan fingerprint density at radius 3 is 2.44 bits per heavy atom. The van der Waals surface area contributed by atoms with Gasteiger partial charge in [-0.2, -0.15) is 13.1 Å². The lowest BCUT2D eigenvalue weighted by Crippen LogP contribution is -2.59. The summed E-state index contributed by atoms with van der Waals surface area (Å²) in [6, 6.07) is 0. The highest BCUT2D eigenvalue weighted by Crippen LogP contribution is 2.45. The molecule has 18 heavy (non-hydrogen) atoms. The summed E-state index contributed by atoms with van der Waals surface area (Å²) in [5, 5.41) is 0. The zero-order chi connectivity index (χ0) is 12.8. The van der Waals surface area contributed by atoms with E-state index in [0.29, 0.717) is 0 Å². The van der Waals surface area contributed by atoms with Crippen molar-refractivity contribution in [2.75, 3.05) is 7.05 Å². The molecule has 1 aliphatic heterocycles. The molecule has 0 aromatic heterocycles. The Balaban J connectivity index is 2.10. The van der Waals surface area contributed by atoms with Crippen molar-refractivity contribution in [1.29, 1.82) is 0 Å². The molecule has 3 aliphatic rings. The molecule has 1 heterocycles. The topological polar surface area (TPSA) is 49.4 Å². The Kier molecular flexibility index (Phi) is 2.94. The molecule has 2 aliphatic carbocycles. The smallest absolute Gasteiger partial charge is 0.265 e. The maximum absolute atomic E-state index is 12.3. The van der Waals surface area contributed by atoms with E-state index in [9.17, 15) is 8.42 Å². The molecular formula is C13H22N2O2S. The van der Waals surface area contributed by atoms with Crippen molar-refractivity contribution in [3.63, 3.8) is 0 Å². The molecule has 0 saturated heterocycles. The summed E-state index contributed by atoms with van der Waals surface area (Å²) in [5.74, 6) is 0. The van der Waals surface area contributed by atoms with Crippen molar-refractivity contribution in [3.05, 3.63) is 11.3 Å². The van der Waals surface area contributed by atoms with Gasteiger partial charge in [0.2, 0.25) is 0 Å². The maximum atomic E-state index is 12.3. The minimum absolute atomic E-state index is 0.237. The fourth-order valence-corrected chi connectivity index (χ4v) is 5.28. The van der Waals surface area contributed by atoms with Gasteiger partial charge in [0.05, 0.1) is 5.54 Å². The first-order valence-corrected chi connectivity index (χ1v) is 8.50. The summed E-state index contributed by atoms with van der Waals surface area (Å²) in [7, 11) is -1.62. The van der Waals surface area contributed by atoms with Crippen LogP contribution in [0.3, 0.4) is 0 Å².